The second-order valence-electron chi connectivity index (χ2n) is 9.18. The molecule has 0 bridgehead atoms. The highest BCUT2D eigenvalue weighted by atomic mass is 28.3. The minimum absolute atomic E-state index is 0.923. The minimum Gasteiger partial charge on any atom is -0.299 e. The maximum Gasteiger partial charge on any atom is 0.248 e. The molecule has 168 valence electrons. The first kappa shape index (κ1) is 19.6. The van der Waals surface area contributed by atoms with Crippen LogP contribution in [0.15, 0.2) is 116 Å². The normalized spacial score (nSPS) is 16.4. The van der Waals surface area contributed by atoms with Gasteiger partial charge in [-0.05, 0) is 46.8 Å². The third-order valence-corrected chi connectivity index (χ3v) is 11.8. The number of pyridine rings is 3. The molecule has 36 heavy (non-hydrogen) atoms. The Kier molecular flexibility index (Phi) is 3.90. The SMILES string of the molecule is c1cncc([Si]2(c3ccc4ccc5cccnc5c4n3)c3ccccc3-n3c2nc2ccccc23)c1. The van der Waals surface area contributed by atoms with E-state index in [2.05, 4.69) is 94.5 Å². The summed E-state index contributed by atoms with van der Waals surface area (Å²) in [6, 6.07) is 34.0. The quantitative estimate of drug-likeness (QED) is 0.283. The van der Waals surface area contributed by atoms with E-state index in [1.165, 1.54) is 16.1 Å². The van der Waals surface area contributed by atoms with Gasteiger partial charge in [0.2, 0.25) is 8.07 Å². The Labute approximate surface area is 207 Å². The van der Waals surface area contributed by atoms with E-state index in [9.17, 15) is 0 Å². The molecule has 0 radical (unpaired) electrons. The van der Waals surface area contributed by atoms with Crippen molar-refractivity contribution in [1.82, 2.24) is 24.5 Å². The zero-order chi connectivity index (χ0) is 23.7. The zero-order valence-corrected chi connectivity index (χ0v) is 20.2. The molecule has 5 heterocycles. The predicted molar refractivity (Wildman–Crippen MR) is 147 cm³/mol. The lowest BCUT2D eigenvalue weighted by molar-refractivity contribution is 1.17. The first-order valence-electron chi connectivity index (χ1n) is 12.0. The molecule has 8 rings (SSSR count). The van der Waals surface area contributed by atoms with Crippen molar-refractivity contribution in [3.63, 3.8) is 0 Å². The highest BCUT2D eigenvalue weighted by Crippen LogP contribution is 2.27. The molecule has 0 amide bonds. The van der Waals surface area contributed by atoms with Crippen LogP contribution in [0.4, 0.5) is 0 Å². The molecule has 0 saturated heterocycles. The zero-order valence-electron chi connectivity index (χ0n) is 19.2. The van der Waals surface area contributed by atoms with Crippen molar-refractivity contribution in [3.8, 4) is 5.69 Å². The summed E-state index contributed by atoms with van der Waals surface area (Å²) in [7, 11) is -2.86. The van der Waals surface area contributed by atoms with E-state index < -0.39 is 8.07 Å². The van der Waals surface area contributed by atoms with E-state index >= 15 is 0 Å². The average Bonchev–Trinajstić information content (AvgIpc) is 3.47. The van der Waals surface area contributed by atoms with Gasteiger partial charge < -0.3 is 0 Å². The summed E-state index contributed by atoms with van der Waals surface area (Å²) in [6.45, 7) is 0. The molecule has 0 saturated carbocycles. The molecular weight excluding hydrogens is 458 g/mol. The van der Waals surface area contributed by atoms with Crippen molar-refractivity contribution in [2.45, 2.75) is 0 Å². The molecular formula is C30H19N5Si. The predicted octanol–water partition coefficient (Wildman–Crippen LogP) is 3.21. The van der Waals surface area contributed by atoms with Gasteiger partial charge in [0, 0.05) is 40.4 Å². The first-order chi connectivity index (χ1) is 17.9. The fraction of sp³-hybridized carbons (Fsp3) is 0. The molecule has 1 aliphatic heterocycles. The number of fused-ring (bicyclic) bond motifs is 8. The summed E-state index contributed by atoms with van der Waals surface area (Å²) >= 11 is 0. The second-order valence-corrected chi connectivity index (χ2v) is 12.8. The van der Waals surface area contributed by atoms with E-state index in [1.807, 2.05) is 30.7 Å². The molecule has 0 spiro atoms. The molecule has 1 aliphatic rings. The summed E-state index contributed by atoms with van der Waals surface area (Å²) in [5.41, 5.74) is 6.20. The van der Waals surface area contributed by atoms with Gasteiger partial charge in [-0.25, -0.2) is 4.98 Å². The van der Waals surface area contributed by atoms with Gasteiger partial charge in [0.15, 0.2) is 0 Å². The van der Waals surface area contributed by atoms with Crippen LogP contribution in [0.3, 0.4) is 0 Å². The van der Waals surface area contributed by atoms with Crippen molar-refractivity contribution in [2.75, 3.05) is 0 Å². The number of aromatic nitrogens is 5. The van der Waals surface area contributed by atoms with E-state index in [4.69, 9.17) is 15.0 Å². The number of benzene rings is 3. The van der Waals surface area contributed by atoms with Crippen molar-refractivity contribution >= 4 is 62.1 Å². The van der Waals surface area contributed by atoms with Gasteiger partial charge >= 0.3 is 0 Å². The number of nitrogens with zero attached hydrogens (tertiary/aromatic N) is 5. The lowest BCUT2D eigenvalue weighted by Crippen LogP contribution is -2.74. The fourth-order valence-electron chi connectivity index (χ4n) is 5.83. The molecule has 4 aromatic heterocycles. The van der Waals surface area contributed by atoms with Gasteiger partial charge in [-0.1, -0.05) is 60.7 Å². The Bertz CT molecular complexity index is 1960. The van der Waals surface area contributed by atoms with Gasteiger partial charge in [-0.3, -0.25) is 19.5 Å². The Morgan fingerprint density at radius 1 is 0.639 bits per heavy atom. The summed E-state index contributed by atoms with van der Waals surface area (Å²) < 4.78 is 2.34. The third kappa shape index (κ3) is 2.43. The molecule has 7 aromatic rings. The van der Waals surface area contributed by atoms with Crippen LogP contribution in [0, 0.1) is 0 Å². The van der Waals surface area contributed by atoms with Crippen LogP contribution in [0.25, 0.3) is 38.5 Å². The molecule has 6 heteroatoms. The second kappa shape index (κ2) is 7.16. The molecule has 3 aromatic carbocycles. The maximum absolute atomic E-state index is 5.42. The monoisotopic (exact) mass is 477 g/mol. The van der Waals surface area contributed by atoms with Gasteiger partial charge in [0.1, 0.15) is 5.45 Å². The summed E-state index contributed by atoms with van der Waals surface area (Å²) in [4.78, 5) is 20.0. The summed E-state index contributed by atoms with van der Waals surface area (Å²) in [6.07, 6.45) is 5.68. The average molecular weight is 478 g/mol. The minimum atomic E-state index is -2.86. The van der Waals surface area contributed by atoms with Crippen molar-refractivity contribution in [1.29, 1.82) is 0 Å². The van der Waals surface area contributed by atoms with Crippen LogP contribution in [0.2, 0.25) is 0 Å². The number of hydrogen-bond acceptors (Lipinski definition) is 4. The topological polar surface area (TPSA) is 56.5 Å². The van der Waals surface area contributed by atoms with Gasteiger partial charge in [0.05, 0.1) is 22.1 Å². The molecule has 0 aliphatic carbocycles. The number of hydrogen-bond donors (Lipinski definition) is 0. The Morgan fingerprint density at radius 2 is 1.44 bits per heavy atom. The van der Waals surface area contributed by atoms with Crippen LogP contribution >= 0.6 is 0 Å². The molecule has 1 atom stereocenters. The van der Waals surface area contributed by atoms with E-state index in [-0.39, 0.29) is 0 Å². The Hall–Kier alpha value is -4.68. The molecule has 0 fully saturated rings. The van der Waals surface area contributed by atoms with Gasteiger partial charge in [-0.15, -0.1) is 0 Å². The van der Waals surface area contributed by atoms with E-state index in [1.54, 1.807) is 0 Å². The van der Waals surface area contributed by atoms with Crippen LogP contribution in [-0.2, 0) is 0 Å². The highest BCUT2D eigenvalue weighted by molar-refractivity contribution is 7.20. The number of imidazole rings is 1. The highest BCUT2D eigenvalue weighted by Gasteiger charge is 2.53. The maximum atomic E-state index is 5.42. The fourth-order valence-corrected chi connectivity index (χ4v) is 10.5. The van der Waals surface area contributed by atoms with Crippen LogP contribution < -0.4 is 21.1 Å². The smallest absolute Gasteiger partial charge is 0.248 e. The van der Waals surface area contributed by atoms with Crippen LogP contribution in [-0.4, -0.2) is 32.6 Å². The van der Waals surface area contributed by atoms with Crippen LogP contribution in [0.5, 0.6) is 0 Å². The van der Waals surface area contributed by atoms with Crippen LogP contribution in [0.1, 0.15) is 0 Å². The lowest BCUT2D eigenvalue weighted by atomic mass is 10.1. The number of para-hydroxylation sites is 3. The Morgan fingerprint density at radius 3 is 2.36 bits per heavy atom. The summed E-state index contributed by atoms with van der Waals surface area (Å²) in [5, 5.41) is 5.67. The van der Waals surface area contributed by atoms with Gasteiger partial charge in [-0.2, -0.15) is 0 Å². The van der Waals surface area contributed by atoms with E-state index in [0.29, 0.717) is 0 Å². The van der Waals surface area contributed by atoms with Gasteiger partial charge in [0.25, 0.3) is 0 Å². The Balaban J connectivity index is 1.57. The standard InChI is InChI=1S/C30H19N5Si/c1-2-10-24-23(9-1)33-30-35(24)25-11-3-4-12-26(25)36(30,22-8-6-17-31-19-22)27-16-15-21-14-13-20-7-5-18-32-28(20)29(21)34-27/h1-19H. The van der Waals surface area contributed by atoms with Crippen molar-refractivity contribution < 1.29 is 0 Å². The number of rotatable bonds is 2. The third-order valence-electron chi connectivity index (χ3n) is 7.36. The van der Waals surface area contributed by atoms with Crippen molar-refractivity contribution in [3.05, 3.63) is 116 Å². The van der Waals surface area contributed by atoms with E-state index in [0.717, 1.165) is 43.6 Å². The lowest BCUT2D eigenvalue weighted by Gasteiger charge is -2.27. The molecule has 0 N–H and O–H groups in total. The van der Waals surface area contributed by atoms with Crippen molar-refractivity contribution in [2.24, 2.45) is 0 Å². The first-order valence-corrected chi connectivity index (χ1v) is 14.0. The molecule has 1 unspecified atom stereocenters. The molecule has 5 nitrogen and oxygen atoms in total. The summed E-state index contributed by atoms with van der Waals surface area (Å²) in [5.74, 6) is 0. The largest absolute Gasteiger partial charge is 0.299 e.